The molecule has 8 nitrogen and oxygen atoms in total. The number of amides is 2. The fourth-order valence-corrected chi connectivity index (χ4v) is 4.59. The zero-order valence-corrected chi connectivity index (χ0v) is 20.1. The van der Waals surface area contributed by atoms with Crippen LogP contribution in [0.4, 0.5) is 18.0 Å². The quantitative estimate of drug-likeness (QED) is 0.459. The number of aromatic nitrogens is 2. The summed E-state index contributed by atoms with van der Waals surface area (Å²) in [6, 6.07) is 9.03. The molecule has 0 radical (unpaired) electrons. The number of cyclic esters (lactones) is 1. The Bertz CT molecular complexity index is 1320. The Labute approximate surface area is 214 Å². The lowest BCUT2D eigenvalue weighted by Gasteiger charge is -2.33. The third-order valence-electron chi connectivity index (χ3n) is 6.39. The standard InChI is InChI=1S/C25H22ClF3N4O4/c26-16-3-1-14(2-4-16)10-30-23(34)20-9-22(37-18-5-6-32-17(7-18)13-36-25(32)35)19(8-21(20)27)15-11-31-33(12-15)24(28)29/h1-4,8-9,11-12,17-18,24H,5-7,10,13H2,(H,30,34)/t17-,18-/m0/s1. The monoisotopic (exact) mass is 534 g/mol. The van der Waals surface area contributed by atoms with Crippen LogP contribution in [0.5, 0.6) is 5.75 Å². The minimum atomic E-state index is -2.87. The molecule has 194 valence electrons. The zero-order valence-electron chi connectivity index (χ0n) is 19.4. The Hall–Kier alpha value is -3.73. The number of nitrogens with zero attached hydrogens (tertiary/aromatic N) is 3. The summed E-state index contributed by atoms with van der Waals surface area (Å²) in [5.74, 6) is -1.36. The molecule has 0 aliphatic carbocycles. The van der Waals surface area contributed by atoms with E-state index >= 15 is 4.39 Å². The van der Waals surface area contributed by atoms with Gasteiger partial charge in [0.05, 0.1) is 17.8 Å². The maximum atomic E-state index is 15.1. The summed E-state index contributed by atoms with van der Waals surface area (Å²) in [5, 5.41) is 6.84. The van der Waals surface area contributed by atoms with E-state index in [4.69, 9.17) is 21.1 Å². The molecule has 0 unspecified atom stereocenters. The van der Waals surface area contributed by atoms with Crippen LogP contribution in [0.3, 0.4) is 0 Å². The molecule has 37 heavy (non-hydrogen) atoms. The minimum Gasteiger partial charge on any atom is -0.490 e. The van der Waals surface area contributed by atoms with E-state index in [1.165, 1.54) is 12.3 Å². The summed E-state index contributed by atoms with van der Waals surface area (Å²) in [6.07, 6.45) is 2.48. The van der Waals surface area contributed by atoms with Crippen molar-refractivity contribution in [1.82, 2.24) is 20.0 Å². The summed E-state index contributed by atoms with van der Waals surface area (Å²) < 4.78 is 53.1. The van der Waals surface area contributed by atoms with E-state index in [-0.39, 0.29) is 53.8 Å². The number of ether oxygens (including phenoxy) is 2. The smallest absolute Gasteiger partial charge is 0.410 e. The van der Waals surface area contributed by atoms with Crippen LogP contribution in [0, 0.1) is 5.82 Å². The van der Waals surface area contributed by atoms with Crippen molar-refractivity contribution in [2.24, 2.45) is 0 Å². The van der Waals surface area contributed by atoms with Gasteiger partial charge in [-0.15, -0.1) is 0 Å². The maximum Gasteiger partial charge on any atom is 0.410 e. The predicted octanol–water partition coefficient (Wildman–Crippen LogP) is 5.03. The van der Waals surface area contributed by atoms with Gasteiger partial charge in [0, 0.05) is 48.3 Å². The van der Waals surface area contributed by atoms with E-state index in [2.05, 4.69) is 10.4 Å². The maximum absolute atomic E-state index is 15.1. The number of hydrogen-bond acceptors (Lipinski definition) is 5. The second kappa shape index (κ2) is 10.3. The number of piperidine rings is 1. The number of benzene rings is 2. The van der Waals surface area contributed by atoms with Crippen LogP contribution < -0.4 is 10.1 Å². The first-order valence-corrected chi connectivity index (χ1v) is 11.9. The summed E-state index contributed by atoms with van der Waals surface area (Å²) in [7, 11) is 0. The highest BCUT2D eigenvalue weighted by Crippen LogP contribution is 2.36. The average molecular weight is 535 g/mol. The number of hydrogen-bond donors (Lipinski definition) is 1. The number of nitrogens with one attached hydrogen (secondary N) is 1. The minimum absolute atomic E-state index is 0.142. The van der Waals surface area contributed by atoms with Gasteiger partial charge in [0.2, 0.25) is 0 Å². The molecule has 2 atom stereocenters. The lowest BCUT2D eigenvalue weighted by molar-refractivity contribution is 0.0566. The molecule has 0 saturated carbocycles. The molecule has 5 rings (SSSR count). The van der Waals surface area contributed by atoms with E-state index in [1.54, 1.807) is 29.2 Å². The molecule has 12 heteroatoms. The lowest BCUT2D eigenvalue weighted by atomic mass is 10.00. The number of fused-ring (bicyclic) bond motifs is 1. The summed E-state index contributed by atoms with van der Waals surface area (Å²) in [6.45, 7) is -2.07. The van der Waals surface area contributed by atoms with E-state index in [9.17, 15) is 18.4 Å². The Morgan fingerprint density at radius 1 is 1.27 bits per heavy atom. The molecule has 0 bridgehead atoms. The average Bonchev–Trinajstić information content (AvgIpc) is 3.52. The van der Waals surface area contributed by atoms with E-state index in [1.807, 2.05) is 0 Å². The first kappa shape index (κ1) is 24.9. The van der Waals surface area contributed by atoms with Gasteiger partial charge in [-0.25, -0.2) is 13.9 Å². The number of carbonyl (C=O) groups excluding carboxylic acids is 2. The van der Waals surface area contributed by atoms with Crippen LogP contribution >= 0.6 is 11.6 Å². The molecular weight excluding hydrogens is 513 g/mol. The highest BCUT2D eigenvalue weighted by atomic mass is 35.5. The van der Waals surface area contributed by atoms with Crippen LogP contribution in [0.15, 0.2) is 48.8 Å². The number of rotatable bonds is 7. The molecule has 3 aromatic rings. The van der Waals surface area contributed by atoms with Gasteiger partial charge in [-0.3, -0.25) is 4.79 Å². The van der Waals surface area contributed by atoms with Gasteiger partial charge in [0.15, 0.2) is 0 Å². The van der Waals surface area contributed by atoms with E-state index in [0.29, 0.717) is 29.1 Å². The van der Waals surface area contributed by atoms with Crippen LogP contribution in [-0.2, 0) is 11.3 Å². The lowest BCUT2D eigenvalue weighted by Crippen LogP contribution is -2.44. The van der Waals surface area contributed by atoms with E-state index in [0.717, 1.165) is 17.8 Å². The molecule has 2 aliphatic rings. The second-order valence-corrected chi connectivity index (χ2v) is 9.25. The molecule has 2 aromatic carbocycles. The Balaban J connectivity index is 1.41. The number of halogens is 4. The van der Waals surface area contributed by atoms with Crippen molar-refractivity contribution < 1.29 is 32.2 Å². The molecule has 1 aromatic heterocycles. The topological polar surface area (TPSA) is 85.7 Å². The fourth-order valence-electron chi connectivity index (χ4n) is 4.46. The Morgan fingerprint density at radius 3 is 2.78 bits per heavy atom. The molecule has 2 amide bonds. The summed E-state index contributed by atoms with van der Waals surface area (Å²) in [4.78, 5) is 26.3. The second-order valence-electron chi connectivity index (χ2n) is 8.81. The highest BCUT2D eigenvalue weighted by Gasteiger charge is 2.39. The number of alkyl halides is 2. The van der Waals surface area contributed by atoms with Crippen molar-refractivity contribution in [3.05, 3.63) is 70.8 Å². The van der Waals surface area contributed by atoms with Crippen molar-refractivity contribution in [2.75, 3.05) is 13.2 Å². The highest BCUT2D eigenvalue weighted by molar-refractivity contribution is 6.30. The van der Waals surface area contributed by atoms with Crippen LogP contribution in [0.25, 0.3) is 11.1 Å². The fraction of sp³-hybridized carbons (Fsp3) is 0.320. The van der Waals surface area contributed by atoms with Crippen molar-refractivity contribution in [2.45, 2.75) is 38.1 Å². The van der Waals surface area contributed by atoms with Crippen molar-refractivity contribution in [3.8, 4) is 16.9 Å². The van der Waals surface area contributed by atoms with Crippen LogP contribution in [0.1, 0.15) is 35.3 Å². The van der Waals surface area contributed by atoms with E-state index < -0.39 is 18.3 Å². The van der Waals surface area contributed by atoms with Gasteiger partial charge in [-0.1, -0.05) is 23.7 Å². The Kier molecular flexibility index (Phi) is 6.96. The van der Waals surface area contributed by atoms with Crippen LogP contribution in [-0.4, -0.2) is 52.0 Å². The van der Waals surface area contributed by atoms with Crippen LogP contribution in [0.2, 0.25) is 5.02 Å². The van der Waals surface area contributed by atoms with Crippen molar-refractivity contribution in [1.29, 1.82) is 0 Å². The van der Waals surface area contributed by atoms with Gasteiger partial charge < -0.3 is 19.7 Å². The first-order chi connectivity index (χ1) is 17.8. The van der Waals surface area contributed by atoms with Crippen molar-refractivity contribution >= 4 is 23.6 Å². The van der Waals surface area contributed by atoms with Gasteiger partial charge in [0.1, 0.15) is 24.3 Å². The van der Waals surface area contributed by atoms with Gasteiger partial charge >= 0.3 is 12.6 Å². The normalized spacial score (nSPS) is 19.1. The molecule has 2 fully saturated rings. The molecule has 2 saturated heterocycles. The predicted molar refractivity (Wildman–Crippen MR) is 127 cm³/mol. The zero-order chi connectivity index (χ0) is 26.1. The summed E-state index contributed by atoms with van der Waals surface area (Å²) >= 11 is 5.88. The largest absolute Gasteiger partial charge is 0.490 e. The third-order valence-corrected chi connectivity index (χ3v) is 6.64. The van der Waals surface area contributed by atoms with Gasteiger partial charge in [0.25, 0.3) is 5.91 Å². The molecular formula is C25H22ClF3N4O4. The molecule has 1 N–H and O–H groups in total. The molecule has 2 aliphatic heterocycles. The van der Waals surface area contributed by atoms with Gasteiger partial charge in [-0.2, -0.15) is 13.9 Å². The van der Waals surface area contributed by atoms with Crippen molar-refractivity contribution in [3.63, 3.8) is 0 Å². The molecule has 0 spiro atoms. The first-order valence-electron chi connectivity index (χ1n) is 11.6. The SMILES string of the molecule is O=C(NCc1ccc(Cl)cc1)c1cc(O[C@H]2CCN3C(=O)OC[C@@H]3C2)c(-c2cnn(C(F)F)c2)cc1F. The Morgan fingerprint density at radius 2 is 2.05 bits per heavy atom. The summed E-state index contributed by atoms with van der Waals surface area (Å²) in [5.41, 5.74) is 0.899. The van der Waals surface area contributed by atoms with Gasteiger partial charge in [-0.05, 0) is 29.8 Å². The third kappa shape index (κ3) is 5.36. The molecule has 3 heterocycles. The number of carbonyl (C=O) groups is 2.